The average Bonchev–Trinajstić information content (AvgIpc) is 2.61. The molecular weight excluding hydrogens is 316 g/mol. The second-order valence-electron chi connectivity index (χ2n) is 7.99. The van der Waals surface area contributed by atoms with Gasteiger partial charge in [0.25, 0.3) is 0 Å². The molecule has 1 aliphatic heterocycles. The first kappa shape index (κ1) is 17.8. The SMILES string of the molecule is CC1(C)CCC(CNC(=O)N2CCC(C(=O)O)CC2)c2ccccc21. The summed E-state index contributed by atoms with van der Waals surface area (Å²) >= 11 is 0. The van der Waals surface area contributed by atoms with E-state index in [9.17, 15) is 9.59 Å². The summed E-state index contributed by atoms with van der Waals surface area (Å²) in [4.78, 5) is 25.2. The van der Waals surface area contributed by atoms with Crippen LogP contribution in [-0.2, 0) is 10.2 Å². The summed E-state index contributed by atoms with van der Waals surface area (Å²) in [6.07, 6.45) is 3.28. The number of carbonyl (C=O) groups excluding carboxylic acids is 1. The van der Waals surface area contributed by atoms with Gasteiger partial charge in [0.1, 0.15) is 0 Å². The van der Waals surface area contributed by atoms with E-state index in [1.807, 2.05) is 0 Å². The molecule has 1 aromatic carbocycles. The van der Waals surface area contributed by atoms with Gasteiger partial charge in [-0.2, -0.15) is 0 Å². The van der Waals surface area contributed by atoms with E-state index in [1.165, 1.54) is 11.1 Å². The van der Waals surface area contributed by atoms with Crippen LogP contribution < -0.4 is 5.32 Å². The fourth-order valence-corrected chi connectivity index (χ4v) is 4.16. The first-order chi connectivity index (χ1) is 11.9. The van der Waals surface area contributed by atoms with Crippen molar-refractivity contribution in [2.24, 2.45) is 5.92 Å². The van der Waals surface area contributed by atoms with Gasteiger partial charge in [0, 0.05) is 25.6 Å². The Kier molecular flexibility index (Phi) is 5.02. The number of amides is 2. The highest BCUT2D eigenvalue weighted by Crippen LogP contribution is 2.42. The Bertz CT molecular complexity index is 648. The third-order valence-corrected chi connectivity index (χ3v) is 5.88. The van der Waals surface area contributed by atoms with Crippen molar-refractivity contribution in [1.82, 2.24) is 10.2 Å². The van der Waals surface area contributed by atoms with Gasteiger partial charge >= 0.3 is 12.0 Å². The van der Waals surface area contributed by atoms with Crippen molar-refractivity contribution >= 4 is 12.0 Å². The molecule has 0 saturated carbocycles. The number of nitrogens with one attached hydrogen (secondary N) is 1. The molecule has 0 spiro atoms. The lowest BCUT2D eigenvalue weighted by molar-refractivity contribution is -0.143. The molecule has 1 aromatic rings. The number of aliphatic carboxylic acids is 1. The lowest BCUT2D eigenvalue weighted by atomic mass is 9.69. The molecule has 2 N–H and O–H groups in total. The summed E-state index contributed by atoms with van der Waals surface area (Å²) in [6, 6.07) is 8.50. The standard InChI is InChI=1S/C20H28N2O3/c1-20(2)10-7-15(16-5-3-4-6-17(16)20)13-21-19(25)22-11-8-14(9-12-22)18(23)24/h3-6,14-15H,7-13H2,1-2H3,(H,21,25)(H,23,24). The van der Waals surface area contributed by atoms with Crippen LogP contribution >= 0.6 is 0 Å². The van der Waals surface area contributed by atoms with Crippen LogP contribution in [0.4, 0.5) is 4.79 Å². The third-order valence-electron chi connectivity index (χ3n) is 5.88. The zero-order valence-corrected chi connectivity index (χ0v) is 15.1. The Labute approximate surface area is 149 Å². The zero-order valence-electron chi connectivity index (χ0n) is 15.1. The maximum atomic E-state index is 12.4. The lowest BCUT2D eigenvalue weighted by Crippen LogP contribution is -2.46. The van der Waals surface area contributed by atoms with Crippen LogP contribution in [0.2, 0.25) is 0 Å². The number of carboxylic acid groups (broad SMARTS) is 1. The molecule has 0 aromatic heterocycles. The number of hydrogen-bond acceptors (Lipinski definition) is 2. The summed E-state index contributed by atoms with van der Waals surface area (Å²) in [5.74, 6) is -0.706. The first-order valence-corrected chi connectivity index (χ1v) is 9.23. The molecule has 2 aliphatic rings. The molecule has 1 aliphatic carbocycles. The van der Waals surface area contributed by atoms with E-state index < -0.39 is 5.97 Å². The van der Waals surface area contributed by atoms with Gasteiger partial charge in [0.2, 0.25) is 0 Å². The molecule has 2 amide bonds. The van der Waals surface area contributed by atoms with Gasteiger partial charge < -0.3 is 15.3 Å². The summed E-state index contributed by atoms with van der Waals surface area (Å²) in [7, 11) is 0. The van der Waals surface area contributed by atoms with Crippen molar-refractivity contribution in [2.75, 3.05) is 19.6 Å². The van der Waals surface area contributed by atoms with E-state index in [1.54, 1.807) is 4.90 Å². The lowest BCUT2D eigenvalue weighted by Gasteiger charge is -2.37. The number of carbonyl (C=O) groups is 2. The minimum Gasteiger partial charge on any atom is -0.481 e. The molecule has 1 saturated heterocycles. The molecule has 1 fully saturated rings. The van der Waals surface area contributed by atoms with E-state index in [0.717, 1.165) is 12.8 Å². The third kappa shape index (κ3) is 3.80. The largest absolute Gasteiger partial charge is 0.481 e. The Hall–Kier alpha value is -2.04. The van der Waals surface area contributed by atoms with Gasteiger partial charge in [-0.25, -0.2) is 4.79 Å². The van der Waals surface area contributed by atoms with E-state index in [2.05, 4.69) is 43.4 Å². The minimum absolute atomic E-state index is 0.0637. The predicted molar refractivity (Wildman–Crippen MR) is 96.8 cm³/mol. The van der Waals surface area contributed by atoms with Gasteiger partial charge in [-0.1, -0.05) is 38.1 Å². The van der Waals surface area contributed by atoms with Crippen molar-refractivity contribution in [1.29, 1.82) is 0 Å². The number of hydrogen-bond donors (Lipinski definition) is 2. The fourth-order valence-electron chi connectivity index (χ4n) is 4.16. The summed E-state index contributed by atoms with van der Waals surface area (Å²) in [5.41, 5.74) is 2.93. The van der Waals surface area contributed by atoms with Crippen LogP contribution in [0.15, 0.2) is 24.3 Å². The van der Waals surface area contributed by atoms with Crippen LogP contribution in [0.1, 0.15) is 56.6 Å². The maximum Gasteiger partial charge on any atom is 0.317 e. The van der Waals surface area contributed by atoms with Crippen LogP contribution in [-0.4, -0.2) is 41.6 Å². The Morgan fingerprint density at radius 2 is 1.88 bits per heavy atom. The van der Waals surface area contributed by atoms with Crippen molar-refractivity contribution in [2.45, 2.75) is 50.9 Å². The summed E-state index contributed by atoms with van der Waals surface area (Å²) < 4.78 is 0. The molecule has 0 radical (unpaired) electrons. The Morgan fingerprint density at radius 3 is 2.56 bits per heavy atom. The van der Waals surface area contributed by atoms with Crippen LogP contribution in [0.5, 0.6) is 0 Å². The Morgan fingerprint density at radius 1 is 1.20 bits per heavy atom. The van der Waals surface area contributed by atoms with E-state index in [-0.39, 0.29) is 17.4 Å². The van der Waals surface area contributed by atoms with E-state index in [4.69, 9.17) is 5.11 Å². The monoisotopic (exact) mass is 344 g/mol. The van der Waals surface area contributed by atoms with Crippen molar-refractivity contribution in [3.05, 3.63) is 35.4 Å². The Balaban J connectivity index is 1.57. The number of benzene rings is 1. The van der Waals surface area contributed by atoms with Gasteiger partial charge in [0.15, 0.2) is 0 Å². The highest BCUT2D eigenvalue weighted by molar-refractivity contribution is 5.75. The quantitative estimate of drug-likeness (QED) is 0.883. The smallest absolute Gasteiger partial charge is 0.317 e. The van der Waals surface area contributed by atoms with Gasteiger partial charge in [-0.3, -0.25) is 4.79 Å². The molecule has 1 unspecified atom stereocenters. The molecule has 136 valence electrons. The van der Waals surface area contributed by atoms with Gasteiger partial charge in [-0.05, 0) is 42.2 Å². The van der Waals surface area contributed by atoms with E-state index in [0.29, 0.717) is 38.4 Å². The number of urea groups is 1. The fraction of sp³-hybridized carbons (Fsp3) is 0.600. The molecule has 0 bridgehead atoms. The molecule has 25 heavy (non-hydrogen) atoms. The molecule has 3 rings (SSSR count). The summed E-state index contributed by atoms with van der Waals surface area (Å²) in [6.45, 7) is 6.26. The number of piperidine rings is 1. The number of fused-ring (bicyclic) bond motifs is 1. The van der Waals surface area contributed by atoms with Crippen molar-refractivity contribution < 1.29 is 14.7 Å². The maximum absolute atomic E-state index is 12.4. The second-order valence-corrected chi connectivity index (χ2v) is 7.99. The van der Waals surface area contributed by atoms with Crippen LogP contribution in [0.3, 0.4) is 0 Å². The predicted octanol–water partition coefficient (Wildman–Crippen LogP) is 3.35. The average molecular weight is 344 g/mol. The topological polar surface area (TPSA) is 69.6 Å². The van der Waals surface area contributed by atoms with Crippen molar-refractivity contribution in [3.8, 4) is 0 Å². The highest BCUT2D eigenvalue weighted by Gasteiger charge is 2.33. The molecule has 5 heteroatoms. The molecular formula is C20H28N2O3. The highest BCUT2D eigenvalue weighted by atomic mass is 16.4. The molecule has 1 heterocycles. The number of nitrogens with zero attached hydrogens (tertiary/aromatic N) is 1. The second kappa shape index (κ2) is 7.06. The van der Waals surface area contributed by atoms with Gasteiger partial charge in [0.05, 0.1) is 5.92 Å². The normalized spacial score (nSPS) is 23.0. The van der Waals surface area contributed by atoms with Gasteiger partial charge in [-0.15, -0.1) is 0 Å². The minimum atomic E-state index is -0.749. The number of rotatable bonds is 3. The van der Waals surface area contributed by atoms with E-state index >= 15 is 0 Å². The first-order valence-electron chi connectivity index (χ1n) is 9.23. The van der Waals surface area contributed by atoms with Crippen LogP contribution in [0.25, 0.3) is 0 Å². The zero-order chi connectivity index (χ0) is 18.0. The summed E-state index contributed by atoms with van der Waals surface area (Å²) in [5, 5.41) is 12.1. The number of carboxylic acids is 1. The van der Waals surface area contributed by atoms with Crippen LogP contribution in [0, 0.1) is 5.92 Å². The van der Waals surface area contributed by atoms with Crippen molar-refractivity contribution in [3.63, 3.8) is 0 Å². The molecule has 5 nitrogen and oxygen atoms in total. The molecule has 1 atom stereocenters. The number of likely N-dealkylation sites (tertiary alicyclic amines) is 1.